The fraction of sp³-hybridized carbons (Fsp3) is 0.500. The van der Waals surface area contributed by atoms with Crippen LogP contribution >= 0.6 is 0 Å². The van der Waals surface area contributed by atoms with Crippen molar-refractivity contribution in [3.63, 3.8) is 0 Å². The minimum absolute atomic E-state index is 0.00794. The molecular formula is C18H24N2O4. The summed E-state index contributed by atoms with van der Waals surface area (Å²) in [7, 11) is 0. The molecule has 0 atom stereocenters. The number of hydrogen-bond acceptors (Lipinski definition) is 5. The molecule has 0 aliphatic carbocycles. The normalized spacial score (nSPS) is 15.8. The molecule has 6 heteroatoms. The van der Waals surface area contributed by atoms with Crippen molar-refractivity contribution < 1.29 is 19.1 Å². The van der Waals surface area contributed by atoms with Crippen LogP contribution < -0.4 is 4.90 Å². The zero-order valence-corrected chi connectivity index (χ0v) is 14.4. The van der Waals surface area contributed by atoms with E-state index in [4.69, 9.17) is 9.15 Å². The molecule has 0 radical (unpaired) electrons. The molecule has 1 aliphatic rings. The second-order valence-corrected chi connectivity index (χ2v) is 7.07. The summed E-state index contributed by atoms with van der Waals surface area (Å²) in [4.78, 5) is 16.1. The first-order valence-electron chi connectivity index (χ1n) is 8.21. The molecule has 0 saturated carbocycles. The van der Waals surface area contributed by atoms with Crippen LogP contribution in [0, 0.1) is 0 Å². The molecule has 1 fully saturated rings. The number of fused-ring (bicyclic) bond motifs is 1. The summed E-state index contributed by atoms with van der Waals surface area (Å²) in [5, 5.41) is 10.4. The Kier molecular flexibility index (Phi) is 4.41. The van der Waals surface area contributed by atoms with Crippen LogP contribution in [0.1, 0.15) is 26.3 Å². The highest BCUT2D eigenvalue weighted by Crippen LogP contribution is 2.30. The average Bonchev–Trinajstić information content (AvgIpc) is 3.00. The van der Waals surface area contributed by atoms with E-state index in [9.17, 15) is 9.90 Å². The van der Waals surface area contributed by atoms with Crippen molar-refractivity contribution in [1.29, 1.82) is 0 Å². The van der Waals surface area contributed by atoms with E-state index in [0.717, 1.165) is 22.2 Å². The molecule has 1 N–H and O–H groups in total. The number of benzene rings is 1. The fourth-order valence-corrected chi connectivity index (χ4v) is 2.91. The third-order valence-electron chi connectivity index (χ3n) is 4.05. The molecule has 1 amide bonds. The predicted molar refractivity (Wildman–Crippen MR) is 92.2 cm³/mol. The van der Waals surface area contributed by atoms with Crippen LogP contribution in [0.25, 0.3) is 11.0 Å². The standard InChI is InChI=1S/C18H24N2O4/c1-18(2,3)24-17(22)20-7-5-19(6-8-20)15-11-13(12-21)10-14-4-9-23-16(14)15/h4,9-11,21H,5-8,12H2,1-3H3. The molecule has 1 aromatic heterocycles. The van der Waals surface area contributed by atoms with Crippen LogP contribution in [-0.4, -0.2) is 47.9 Å². The number of ether oxygens (including phenoxy) is 1. The van der Waals surface area contributed by atoms with Crippen molar-refractivity contribution in [2.45, 2.75) is 33.0 Å². The maximum Gasteiger partial charge on any atom is 0.410 e. The molecule has 24 heavy (non-hydrogen) atoms. The highest BCUT2D eigenvalue weighted by Gasteiger charge is 2.27. The SMILES string of the molecule is CC(C)(C)OC(=O)N1CCN(c2cc(CO)cc3ccoc23)CC1. The van der Waals surface area contributed by atoms with Gasteiger partial charge in [-0.25, -0.2) is 4.79 Å². The van der Waals surface area contributed by atoms with Crippen LogP contribution in [-0.2, 0) is 11.3 Å². The quantitative estimate of drug-likeness (QED) is 0.916. The number of furan rings is 1. The summed E-state index contributed by atoms with van der Waals surface area (Å²) in [5.74, 6) is 0. The van der Waals surface area contributed by atoms with Crippen LogP contribution in [0.15, 0.2) is 28.9 Å². The van der Waals surface area contributed by atoms with Gasteiger partial charge >= 0.3 is 6.09 Å². The molecule has 130 valence electrons. The second-order valence-electron chi connectivity index (χ2n) is 7.07. The first-order valence-corrected chi connectivity index (χ1v) is 8.21. The number of carbonyl (C=O) groups is 1. The molecule has 6 nitrogen and oxygen atoms in total. The van der Waals surface area contributed by atoms with Gasteiger partial charge in [-0.15, -0.1) is 0 Å². The zero-order valence-electron chi connectivity index (χ0n) is 14.4. The third-order valence-corrected chi connectivity index (χ3v) is 4.05. The van der Waals surface area contributed by atoms with Crippen molar-refractivity contribution in [3.05, 3.63) is 30.0 Å². The smallest absolute Gasteiger partial charge is 0.410 e. The van der Waals surface area contributed by atoms with Gasteiger partial charge < -0.3 is 24.1 Å². The Morgan fingerprint density at radius 3 is 2.58 bits per heavy atom. The maximum atomic E-state index is 12.2. The van der Waals surface area contributed by atoms with Gasteiger partial charge in [-0.1, -0.05) is 0 Å². The summed E-state index contributed by atoms with van der Waals surface area (Å²) in [6.45, 7) is 8.19. The molecule has 0 unspecified atom stereocenters. The zero-order chi connectivity index (χ0) is 17.3. The number of rotatable bonds is 2. The monoisotopic (exact) mass is 332 g/mol. The molecule has 1 aliphatic heterocycles. The van der Waals surface area contributed by atoms with Crippen LogP contribution in [0.2, 0.25) is 0 Å². The molecule has 2 aromatic rings. The summed E-state index contributed by atoms with van der Waals surface area (Å²) in [5.41, 5.74) is 2.15. The van der Waals surface area contributed by atoms with Gasteiger partial charge in [0.05, 0.1) is 18.6 Å². The molecule has 0 spiro atoms. The molecule has 0 bridgehead atoms. The van der Waals surface area contributed by atoms with Gasteiger partial charge in [0.15, 0.2) is 5.58 Å². The van der Waals surface area contributed by atoms with Gasteiger partial charge in [0, 0.05) is 31.6 Å². The lowest BCUT2D eigenvalue weighted by Crippen LogP contribution is -2.50. The van der Waals surface area contributed by atoms with Gasteiger partial charge in [-0.2, -0.15) is 0 Å². The van der Waals surface area contributed by atoms with Crippen LogP contribution in [0.4, 0.5) is 10.5 Å². The molecule has 2 heterocycles. The van der Waals surface area contributed by atoms with Crippen LogP contribution in [0.5, 0.6) is 0 Å². The van der Waals surface area contributed by atoms with Gasteiger partial charge in [-0.3, -0.25) is 0 Å². The minimum Gasteiger partial charge on any atom is -0.462 e. The number of aliphatic hydroxyl groups is 1. The minimum atomic E-state index is -0.482. The Bertz CT molecular complexity index is 724. The molecular weight excluding hydrogens is 308 g/mol. The molecule has 3 rings (SSSR count). The maximum absolute atomic E-state index is 12.2. The number of anilines is 1. The number of aliphatic hydroxyl groups excluding tert-OH is 1. The number of amides is 1. The first kappa shape index (κ1) is 16.6. The Morgan fingerprint density at radius 2 is 1.96 bits per heavy atom. The van der Waals surface area contributed by atoms with E-state index in [-0.39, 0.29) is 12.7 Å². The van der Waals surface area contributed by atoms with E-state index in [2.05, 4.69) is 4.90 Å². The summed E-state index contributed by atoms with van der Waals surface area (Å²) >= 11 is 0. The molecule has 1 saturated heterocycles. The highest BCUT2D eigenvalue weighted by molar-refractivity contribution is 5.90. The number of hydrogen-bond donors (Lipinski definition) is 1. The van der Waals surface area contributed by atoms with Gasteiger partial charge in [-0.05, 0) is 44.5 Å². The van der Waals surface area contributed by atoms with Crippen molar-refractivity contribution in [3.8, 4) is 0 Å². The van der Waals surface area contributed by atoms with Crippen molar-refractivity contribution in [1.82, 2.24) is 4.90 Å². The van der Waals surface area contributed by atoms with E-state index in [0.29, 0.717) is 26.2 Å². The van der Waals surface area contributed by atoms with E-state index in [1.54, 1.807) is 11.2 Å². The lowest BCUT2D eigenvalue weighted by Gasteiger charge is -2.36. The lowest BCUT2D eigenvalue weighted by atomic mass is 10.1. The van der Waals surface area contributed by atoms with Crippen molar-refractivity contribution >= 4 is 22.7 Å². The Morgan fingerprint density at radius 1 is 1.25 bits per heavy atom. The fourth-order valence-electron chi connectivity index (χ4n) is 2.91. The van der Waals surface area contributed by atoms with Crippen LogP contribution in [0.3, 0.4) is 0 Å². The van der Waals surface area contributed by atoms with E-state index >= 15 is 0 Å². The Hall–Kier alpha value is -2.21. The number of carbonyl (C=O) groups excluding carboxylic acids is 1. The summed E-state index contributed by atoms with van der Waals surface area (Å²) in [6, 6.07) is 5.78. The lowest BCUT2D eigenvalue weighted by molar-refractivity contribution is 0.0240. The third kappa shape index (κ3) is 3.48. The van der Waals surface area contributed by atoms with E-state index in [1.807, 2.05) is 39.0 Å². The van der Waals surface area contributed by atoms with Gasteiger partial charge in [0.25, 0.3) is 0 Å². The van der Waals surface area contributed by atoms with Crippen molar-refractivity contribution in [2.75, 3.05) is 31.1 Å². The summed E-state index contributed by atoms with van der Waals surface area (Å²) in [6.07, 6.45) is 1.39. The Balaban J connectivity index is 1.73. The van der Waals surface area contributed by atoms with E-state index in [1.165, 1.54) is 0 Å². The predicted octanol–water partition coefficient (Wildman–Crippen LogP) is 2.98. The van der Waals surface area contributed by atoms with Crippen molar-refractivity contribution in [2.24, 2.45) is 0 Å². The largest absolute Gasteiger partial charge is 0.462 e. The summed E-state index contributed by atoms with van der Waals surface area (Å²) < 4.78 is 11.0. The number of nitrogens with zero attached hydrogens (tertiary/aromatic N) is 2. The molecule has 1 aromatic carbocycles. The van der Waals surface area contributed by atoms with Gasteiger partial charge in [0.2, 0.25) is 0 Å². The Labute approximate surface area is 141 Å². The average molecular weight is 332 g/mol. The highest BCUT2D eigenvalue weighted by atomic mass is 16.6. The van der Waals surface area contributed by atoms with Gasteiger partial charge in [0.1, 0.15) is 5.60 Å². The first-order chi connectivity index (χ1) is 11.4. The second kappa shape index (κ2) is 6.36. The topological polar surface area (TPSA) is 66.2 Å². The number of piperazine rings is 1. The van der Waals surface area contributed by atoms with E-state index < -0.39 is 5.60 Å².